The van der Waals surface area contributed by atoms with E-state index < -0.39 is 42.3 Å². The number of aliphatic hydroxyl groups excluding tert-OH is 3. The van der Waals surface area contributed by atoms with E-state index in [1.165, 1.54) is 22.3 Å². The Hall–Kier alpha value is -4.11. The van der Waals surface area contributed by atoms with Gasteiger partial charge in [0.1, 0.15) is 31.0 Å². The maximum atomic E-state index is 11.8. The first-order valence-electron chi connectivity index (χ1n) is 20.2. The van der Waals surface area contributed by atoms with E-state index in [-0.39, 0.29) is 13.0 Å². The zero-order valence-corrected chi connectivity index (χ0v) is 36.6. The Bertz CT molecular complexity index is 1640. The van der Waals surface area contributed by atoms with Gasteiger partial charge in [-0.15, -0.1) is 0 Å². The molecule has 0 spiro atoms. The van der Waals surface area contributed by atoms with Gasteiger partial charge in [0.25, 0.3) is 0 Å². The van der Waals surface area contributed by atoms with Gasteiger partial charge in [-0.05, 0) is 94.9 Å². The number of allylic oxidation sites excluding steroid dienone is 25. The Labute approximate surface area is 345 Å². The number of ether oxygens (including phenoxy) is 3. The number of rotatable bonds is 22. The fourth-order valence-electron chi connectivity index (χ4n) is 5.28. The van der Waals surface area contributed by atoms with Crippen molar-refractivity contribution in [2.75, 3.05) is 6.61 Å². The Morgan fingerprint density at radius 1 is 0.632 bits per heavy atom. The molecule has 0 bridgehead atoms. The van der Waals surface area contributed by atoms with Crippen LogP contribution in [0.5, 0.6) is 0 Å². The normalized spacial score (nSPS) is 22.7. The van der Waals surface area contributed by atoms with Crippen LogP contribution >= 0.6 is 0 Å². The number of carbonyl (C=O) groups excluding carboxylic acids is 1. The lowest BCUT2D eigenvalue weighted by Gasteiger charge is -2.42. The second-order valence-electron chi connectivity index (χ2n) is 15.6. The summed E-state index contributed by atoms with van der Waals surface area (Å²) in [7, 11) is 0. The molecule has 0 aromatic rings. The van der Waals surface area contributed by atoms with E-state index in [0.29, 0.717) is 12.8 Å². The summed E-state index contributed by atoms with van der Waals surface area (Å²) in [5.41, 5.74) is 7.67. The van der Waals surface area contributed by atoms with Gasteiger partial charge < -0.3 is 29.5 Å². The van der Waals surface area contributed by atoms with Crippen molar-refractivity contribution in [2.24, 2.45) is 0 Å². The van der Waals surface area contributed by atoms with Gasteiger partial charge in [0, 0.05) is 6.42 Å². The van der Waals surface area contributed by atoms with Crippen LogP contribution in [0.1, 0.15) is 108 Å². The molecule has 0 aromatic heterocycles. The molecule has 0 radical (unpaired) electrons. The number of esters is 1. The average Bonchev–Trinajstić information content (AvgIpc) is 3.13. The Balaban J connectivity index is 2.60. The minimum absolute atomic E-state index is 0.243. The molecule has 0 saturated carbocycles. The molecule has 314 valence electrons. The van der Waals surface area contributed by atoms with Gasteiger partial charge in [-0.3, -0.25) is 4.79 Å². The largest absolute Gasteiger partial charge is 0.463 e. The van der Waals surface area contributed by atoms with E-state index in [9.17, 15) is 20.1 Å². The van der Waals surface area contributed by atoms with Crippen LogP contribution in [-0.4, -0.2) is 64.2 Å². The van der Waals surface area contributed by atoms with Gasteiger partial charge in [0.2, 0.25) is 0 Å². The summed E-state index contributed by atoms with van der Waals surface area (Å²) in [5, 5.41) is 31.2. The van der Waals surface area contributed by atoms with Crippen molar-refractivity contribution in [3.8, 4) is 0 Å². The molecule has 57 heavy (non-hydrogen) atoms. The quantitative estimate of drug-likeness (QED) is 0.0570. The number of hydrogen-bond acceptors (Lipinski definition) is 7. The summed E-state index contributed by atoms with van der Waals surface area (Å²) in [6, 6.07) is 0. The van der Waals surface area contributed by atoms with Crippen molar-refractivity contribution in [2.45, 2.75) is 145 Å². The number of carbonyl (C=O) groups is 1. The summed E-state index contributed by atoms with van der Waals surface area (Å²) in [6.07, 6.45) is 36.5. The maximum absolute atomic E-state index is 11.8. The Kier molecular flexibility index (Phi) is 25.3. The summed E-state index contributed by atoms with van der Waals surface area (Å²) in [4.78, 5) is 11.8. The fraction of sp³-hybridized carbons (Fsp3) is 0.460. The van der Waals surface area contributed by atoms with Crippen LogP contribution in [0.15, 0.2) is 154 Å². The molecule has 7 nitrogen and oxygen atoms in total. The van der Waals surface area contributed by atoms with Crippen LogP contribution in [0.3, 0.4) is 0 Å². The molecule has 5 atom stereocenters. The highest BCUT2D eigenvalue weighted by Crippen LogP contribution is 2.28. The van der Waals surface area contributed by atoms with Crippen LogP contribution in [-0.2, 0) is 19.0 Å². The van der Waals surface area contributed by atoms with Crippen LogP contribution in [0, 0.1) is 0 Å². The average molecular weight is 785 g/mol. The van der Waals surface area contributed by atoms with Gasteiger partial charge in [0.15, 0.2) is 6.29 Å². The Morgan fingerprint density at radius 3 is 1.60 bits per heavy atom. The second kappa shape index (κ2) is 28.3. The van der Waals surface area contributed by atoms with Gasteiger partial charge in [-0.1, -0.05) is 161 Å². The monoisotopic (exact) mass is 785 g/mol. The molecule has 5 unspecified atom stereocenters. The van der Waals surface area contributed by atoms with Crippen molar-refractivity contribution < 1.29 is 34.3 Å². The predicted octanol–water partition coefficient (Wildman–Crippen LogP) is 11.1. The van der Waals surface area contributed by atoms with Gasteiger partial charge in [-0.2, -0.15) is 0 Å². The standard InChI is InChI=1S/C50H72O7/c1-12-21-45(51)55-36-44-46(52)47(53)48(54)49(56-44)57-50(10,11)35-20-34-43(9)33-19-32-42(8)30-17-27-39(5)24-14-13-23-38(4)26-16-29-41(7)31-18-28-40(6)25-15-22-37(2)3/h13-14,16-20,22-24,26-34,44,46-49,52-54H,12,15,21,25,35-36H2,1-11H3. The highest BCUT2D eigenvalue weighted by molar-refractivity contribution is 5.69. The molecule has 1 aliphatic heterocycles. The number of hydrogen-bond donors (Lipinski definition) is 3. The molecule has 1 aliphatic rings. The third kappa shape index (κ3) is 24.3. The molecule has 0 aliphatic carbocycles. The van der Waals surface area contributed by atoms with Crippen LogP contribution in [0.2, 0.25) is 0 Å². The van der Waals surface area contributed by atoms with Gasteiger partial charge >= 0.3 is 5.97 Å². The van der Waals surface area contributed by atoms with Crippen LogP contribution in [0.4, 0.5) is 0 Å². The SMILES string of the molecule is CCCC(=O)OCC1OC(OC(C)(C)CC=CC(C)=CC=CC(C)=CC=CC(C)=CC=CC=C(C)C=CC=C(C)C=CC=C(C)CCC=C(C)C)C(O)C(O)C1O. The van der Waals surface area contributed by atoms with Crippen molar-refractivity contribution >= 4 is 5.97 Å². The molecule has 0 amide bonds. The topological polar surface area (TPSA) is 105 Å². The summed E-state index contributed by atoms with van der Waals surface area (Å²) in [5.74, 6) is -0.419. The highest BCUT2D eigenvalue weighted by Gasteiger charge is 2.46. The molecule has 1 fully saturated rings. The Morgan fingerprint density at radius 2 is 1.11 bits per heavy atom. The summed E-state index contributed by atoms with van der Waals surface area (Å²) < 4.78 is 16.9. The zero-order valence-electron chi connectivity index (χ0n) is 36.6. The fourth-order valence-corrected chi connectivity index (χ4v) is 5.28. The minimum atomic E-state index is -1.50. The third-order valence-electron chi connectivity index (χ3n) is 8.77. The molecule has 0 aromatic carbocycles. The van der Waals surface area contributed by atoms with Crippen LogP contribution in [0.25, 0.3) is 0 Å². The lowest BCUT2D eigenvalue weighted by atomic mass is 9.98. The van der Waals surface area contributed by atoms with E-state index in [4.69, 9.17) is 14.2 Å². The van der Waals surface area contributed by atoms with Crippen molar-refractivity contribution in [3.05, 3.63) is 154 Å². The lowest BCUT2D eigenvalue weighted by Crippen LogP contribution is -2.60. The number of aliphatic hydroxyl groups is 3. The lowest BCUT2D eigenvalue weighted by molar-refractivity contribution is -0.323. The second-order valence-corrected chi connectivity index (χ2v) is 15.6. The first kappa shape index (κ1) is 50.9. The first-order valence-corrected chi connectivity index (χ1v) is 20.2. The molecule has 3 N–H and O–H groups in total. The predicted molar refractivity (Wildman–Crippen MR) is 238 cm³/mol. The zero-order chi connectivity index (χ0) is 42.8. The van der Waals surface area contributed by atoms with Crippen molar-refractivity contribution in [3.63, 3.8) is 0 Å². The molecule has 7 heteroatoms. The van der Waals surface area contributed by atoms with Crippen LogP contribution < -0.4 is 0 Å². The molecular formula is C50H72O7. The van der Waals surface area contributed by atoms with E-state index in [1.54, 1.807) is 0 Å². The highest BCUT2D eigenvalue weighted by atomic mass is 16.7. The van der Waals surface area contributed by atoms with E-state index in [0.717, 1.165) is 29.6 Å². The molecule has 1 heterocycles. The maximum Gasteiger partial charge on any atom is 0.305 e. The molecule has 1 rings (SSSR count). The summed E-state index contributed by atoms with van der Waals surface area (Å²) in [6.45, 7) is 22.1. The molecular weight excluding hydrogens is 713 g/mol. The van der Waals surface area contributed by atoms with Crippen molar-refractivity contribution in [1.82, 2.24) is 0 Å². The van der Waals surface area contributed by atoms with Gasteiger partial charge in [-0.25, -0.2) is 0 Å². The molecule has 1 saturated heterocycles. The third-order valence-corrected chi connectivity index (χ3v) is 8.77. The smallest absolute Gasteiger partial charge is 0.305 e. The van der Waals surface area contributed by atoms with E-state index in [1.807, 2.05) is 70.2 Å². The van der Waals surface area contributed by atoms with Gasteiger partial charge in [0.05, 0.1) is 5.60 Å². The first-order chi connectivity index (χ1) is 26.9. The van der Waals surface area contributed by atoms with Crippen molar-refractivity contribution in [1.29, 1.82) is 0 Å². The minimum Gasteiger partial charge on any atom is -0.463 e. The van der Waals surface area contributed by atoms with E-state index >= 15 is 0 Å². The van der Waals surface area contributed by atoms with E-state index in [2.05, 4.69) is 121 Å². The summed E-state index contributed by atoms with van der Waals surface area (Å²) >= 11 is 0.